The second kappa shape index (κ2) is 6.48. The third-order valence-corrected chi connectivity index (χ3v) is 4.03. The minimum absolute atomic E-state index is 0.239. The van der Waals surface area contributed by atoms with Crippen molar-refractivity contribution in [2.75, 3.05) is 31.2 Å². The Labute approximate surface area is 130 Å². The molecule has 3 rings (SSSR count). The van der Waals surface area contributed by atoms with Gasteiger partial charge in [-0.3, -0.25) is 0 Å². The Kier molecular flexibility index (Phi) is 4.43. The van der Waals surface area contributed by atoms with E-state index in [-0.39, 0.29) is 6.61 Å². The summed E-state index contributed by atoms with van der Waals surface area (Å²) in [6.45, 7) is 7.02. The summed E-state index contributed by atoms with van der Waals surface area (Å²) in [6, 6.07) is 3.99. The molecule has 5 heteroatoms. The maximum absolute atomic E-state index is 9.14. The molecule has 22 heavy (non-hydrogen) atoms. The number of hydrogen-bond donors (Lipinski definition) is 1. The third-order valence-electron chi connectivity index (χ3n) is 4.03. The monoisotopic (exact) mass is 301 g/mol. The lowest BCUT2D eigenvalue weighted by molar-refractivity contribution is 0.200. The van der Waals surface area contributed by atoms with E-state index in [9.17, 15) is 0 Å². The lowest BCUT2D eigenvalue weighted by Gasteiger charge is -2.39. The highest BCUT2D eigenvalue weighted by atomic mass is 16.5. The van der Waals surface area contributed by atoms with Gasteiger partial charge in [0, 0.05) is 37.2 Å². The number of nitrogens with zero attached hydrogens (tertiary/aromatic N) is 3. The molecule has 5 nitrogen and oxygen atoms in total. The Bertz CT molecular complexity index is 639. The van der Waals surface area contributed by atoms with Crippen LogP contribution < -0.4 is 9.64 Å². The second-order valence-corrected chi connectivity index (χ2v) is 6.36. The van der Waals surface area contributed by atoms with Crippen molar-refractivity contribution < 1.29 is 9.84 Å². The van der Waals surface area contributed by atoms with E-state index in [1.54, 1.807) is 6.20 Å². The third kappa shape index (κ3) is 3.14. The average molecular weight is 301 g/mol. The van der Waals surface area contributed by atoms with Crippen molar-refractivity contribution in [3.05, 3.63) is 24.5 Å². The van der Waals surface area contributed by atoms with Crippen LogP contribution in [0.2, 0.25) is 0 Å². The second-order valence-electron chi connectivity index (χ2n) is 6.36. The van der Waals surface area contributed by atoms with Crippen LogP contribution in [0.3, 0.4) is 0 Å². The van der Waals surface area contributed by atoms with E-state index in [1.807, 2.05) is 18.3 Å². The number of ether oxygens (including phenoxy) is 1. The van der Waals surface area contributed by atoms with Crippen molar-refractivity contribution in [1.29, 1.82) is 0 Å². The molecule has 0 aromatic carbocycles. The zero-order valence-electron chi connectivity index (χ0n) is 13.2. The summed E-state index contributed by atoms with van der Waals surface area (Å²) < 4.78 is 5.77. The van der Waals surface area contributed by atoms with Crippen molar-refractivity contribution in [1.82, 2.24) is 9.97 Å². The Morgan fingerprint density at radius 2 is 2.18 bits per heavy atom. The minimum Gasteiger partial charge on any atom is -0.492 e. The molecule has 0 bridgehead atoms. The van der Waals surface area contributed by atoms with Crippen LogP contribution in [0, 0.1) is 11.8 Å². The first-order chi connectivity index (χ1) is 10.7. The molecule has 0 amide bonds. The molecular formula is C17H23N3O2. The molecule has 2 aromatic rings. The zero-order valence-corrected chi connectivity index (χ0v) is 13.2. The maximum Gasteiger partial charge on any atom is 0.155 e. The van der Waals surface area contributed by atoms with Crippen molar-refractivity contribution in [3.63, 3.8) is 0 Å². The van der Waals surface area contributed by atoms with Gasteiger partial charge < -0.3 is 14.7 Å². The summed E-state index contributed by atoms with van der Waals surface area (Å²) in [5, 5.41) is 10.2. The molecule has 1 fully saturated rings. The number of pyridine rings is 2. The van der Waals surface area contributed by atoms with Gasteiger partial charge in [0.05, 0.1) is 12.8 Å². The molecule has 1 N–H and O–H groups in total. The lowest BCUT2D eigenvalue weighted by atomic mass is 10.0. The average Bonchev–Trinajstić information content (AvgIpc) is 2.46. The number of aromatic nitrogens is 2. The van der Waals surface area contributed by atoms with Crippen LogP contribution >= 0.6 is 0 Å². The fourth-order valence-corrected chi connectivity index (χ4v) is 2.61. The number of rotatable bonds is 6. The fraction of sp³-hybridized carbons (Fsp3) is 0.529. The molecule has 1 aliphatic heterocycles. The number of fused-ring (bicyclic) bond motifs is 1. The molecule has 0 spiro atoms. The smallest absolute Gasteiger partial charge is 0.155 e. The maximum atomic E-state index is 9.14. The minimum atomic E-state index is 0.239. The first-order valence-corrected chi connectivity index (χ1v) is 7.90. The van der Waals surface area contributed by atoms with Gasteiger partial charge in [-0.2, -0.15) is 0 Å². The van der Waals surface area contributed by atoms with Crippen molar-refractivity contribution in [2.45, 2.75) is 20.3 Å². The van der Waals surface area contributed by atoms with Gasteiger partial charge in [-0.05, 0) is 24.5 Å². The SMILES string of the molecule is CC(C)CCOc1cnc2c(N3CC(CO)C3)nccc2c1. The number of aliphatic hydroxyl groups is 1. The highest BCUT2D eigenvalue weighted by Gasteiger charge is 2.28. The van der Waals surface area contributed by atoms with E-state index in [1.165, 1.54) is 0 Å². The number of hydrogen-bond acceptors (Lipinski definition) is 5. The normalized spacial score (nSPS) is 15.4. The Balaban J connectivity index is 1.76. The van der Waals surface area contributed by atoms with Gasteiger partial charge in [0.15, 0.2) is 5.82 Å². The van der Waals surface area contributed by atoms with E-state index in [2.05, 4.69) is 28.7 Å². The van der Waals surface area contributed by atoms with E-state index >= 15 is 0 Å². The van der Waals surface area contributed by atoms with E-state index in [0.717, 1.165) is 42.0 Å². The van der Waals surface area contributed by atoms with Crippen molar-refractivity contribution in [2.24, 2.45) is 11.8 Å². The predicted molar refractivity (Wildman–Crippen MR) is 87.3 cm³/mol. The topological polar surface area (TPSA) is 58.5 Å². The molecule has 0 saturated carbocycles. The molecule has 0 atom stereocenters. The molecular weight excluding hydrogens is 278 g/mol. The molecule has 2 aromatic heterocycles. The summed E-state index contributed by atoms with van der Waals surface area (Å²) in [5.41, 5.74) is 0.898. The standard InChI is InChI=1S/C17H23N3O2/c1-12(2)4-6-22-15-7-14-3-5-18-17(16(14)19-8-15)20-9-13(10-20)11-21/h3,5,7-8,12-13,21H,4,6,9-11H2,1-2H3. The van der Waals surface area contributed by atoms with Gasteiger partial charge in [0.25, 0.3) is 0 Å². The van der Waals surface area contributed by atoms with Crippen molar-refractivity contribution >= 4 is 16.7 Å². The van der Waals surface area contributed by atoms with E-state index in [0.29, 0.717) is 18.4 Å². The van der Waals surface area contributed by atoms with Crippen LogP contribution in [-0.2, 0) is 0 Å². The van der Waals surface area contributed by atoms with Crippen LogP contribution in [-0.4, -0.2) is 41.4 Å². The first kappa shape index (κ1) is 15.0. The molecule has 0 aliphatic carbocycles. The van der Waals surface area contributed by atoms with Crippen LogP contribution in [0.4, 0.5) is 5.82 Å². The summed E-state index contributed by atoms with van der Waals surface area (Å²) >= 11 is 0. The van der Waals surface area contributed by atoms with Gasteiger partial charge in [0.2, 0.25) is 0 Å². The van der Waals surface area contributed by atoms with Gasteiger partial charge in [0.1, 0.15) is 11.3 Å². The fourth-order valence-electron chi connectivity index (χ4n) is 2.61. The molecule has 0 unspecified atom stereocenters. The van der Waals surface area contributed by atoms with Crippen LogP contribution in [0.25, 0.3) is 10.9 Å². The molecule has 1 aliphatic rings. The van der Waals surface area contributed by atoms with Gasteiger partial charge >= 0.3 is 0 Å². The highest BCUT2D eigenvalue weighted by Crippen LogP contribution is 2.29. The first-order valence-electron chi connectivity index (χ1n) is 7.90. The van der Waals surface area contributed by atoms with Crippen LogP contribution in [0.5, 0.6) is 5.75 Å². The number of aliphatic hydroxyl groups excluding tert-OH is 1. The quantitative estimate of drug-likeness (QED) is 0.888. The van der Waals surface area contributed by atoms with Crippen molar-refractivity contribution in [3.8, 4) is 5.75 Å². The Morgan fingerprint density at radius 3 is 2.91 bits per heavy atom. The highest BCUT2D eigenvalue weighted by molar-refractivity contribution is 5.89. The van der Waals surface area contributed by atoms with Crippen LogP contribution in [0.15, 0.2) is 24.5 Å². The van der Waals surface area contributed by atoms with Crippen LogP contribution in [0.1, 0.15) is 20.3 Å². The van der Waals surface area contributed by atoms with Gasteiger partial charge in [-0.25, -0.2) is 9.97 Å². The summed E-state index contributed by atoms with van der Waals surface area (Å²) in [4.78, 5) is 11.2. The molecule has 118 valence electrons. The molecule has 0 radical (unpaired) electrons. The molecule has 3 heterocycles. The van der Waals surface area contributed by atoms with E-state index in [4.69, 9.17) is 9.84 Å². The Hall–Kier alpha value is -1.88. The number of anilines is 1. The Morgan fingerprint density at radius 1 is 1.36 bits per heavy atom. The summed E-state index contributed by atoms with van der Waals surface area (Å²) in [6.07, 6.45) is 4.62. The molecule has 1 saturated heterocycles. The van der Waals surface area contributed by atoms with Gasteiger partial charge in [-0.15, -0.1) is 0 Å². The van der Waals surface area contributed by atoms with Gasteiger partial charge in [-0.1, -0.05) is 13.8 Å². The lowest BCUT2D eigenvalue weighted by Crippen LogP contribution is -2.48. The largest absolute Gasteiger partial charge is 0.492 e. The summed E-state index contributed by atoms with van der Waals surface area (Å²) in [7, 11) is 0. The predicted octanol–water partition coefficient (Wildman–Crippen LogP) is 2.48. The zero-order chi connectivity index (χ0) is 15.5. The van der Waals surface area contributed by atoms with E-state index < -0.39 is 0 Å². The summed E-state index contributed by atoms with van der Waals surface area (Å²) in [5.74, 6) is 2.70.